The molecule has 2 aromatic rings. The summed E-state index contributed by atoms with van der Waals surface area (Å²) < 4.78 is 5.83. The SMILES string of the molecule is Cc1ccccc1OCC(C)NC(=O)N(Cc1ccc(O)cc1)C1CC1. The highest BCUT2D eigenvalue weighted by molar-refractivity contribution is 5.75. The van der Waals surface area contributed by atoms with E-state index in [2.05, 4.69) is 5.32 Å². The smallest absolute Gasteiger partial charge is 0.318 e. The van der Waals surface area contributed by atoms with Crippen LogP contribution in [0.15, 0.2) is 48.5 Å². The summed E-state index contributed by atoms with van der Waals surface area (Å²) in [5, 5.41) is 12.4. The van der Waals surface area contributed by atoms with Gasteiger partial charge in [-0.05, 0) is 56.0 Å². The van der Waals surface area contributed by atoms with Crippen LogP contribution in [0.4, 0.5) is 4.79 Å². The number of phenolic OH excluding ortho intramolecular Hbond substituents is 1. The van der Waals surface area contributed by atoms with Crippen LogP contribution in [-0.4, -0.2) is 34.7 Å². The van der Waals surface area contributed by atoms with Crippen molar-refractivity contribution in [2.45, 2.75) is 45.3 Å². The summed E-state index contributed by atoms with van der Waals surface area (Å²) in [7, 11) is 0. The number of nitrogens with one attached hydrogen (secondary N) is 1. The molecule has 0 aliphatic heterocycles. The van der Waals surface area contributed by atoms with Gasteiger partial charge in [-0.3, -0.25) is 0 Å². The second-order valence-corrected chi connectivity index (χ2v) is 6.95. The summed E-state index contributed by atoms with van der Waals surface area (Å²) in [6, 6.07) is 15.0. The van der Waals surface area contributed by atoms with Gasteiger partial charge in [0, 0.05) is 12.6 Å². The number of ether oxygens (including phenoxy) is 1. The highest BCUT2D eigenvalue weighted by Gasteiger charge is 2.33. The van der Waals surface area contributed by atoms with Crippen LogP contribution < -0.4 is 10.1 Å². The number of aromatic hydroxyl groups is 1. The van der Waals surface area contributed by atoms with Crippen molar-refractivity contribution >= 4 is 6.03 Å². The van der Waals surface area contributed by atoms with Crippen molar-refractivity contribution < 1.29 is 14.6 Å². The minimum Gasteiger partial charge on any atom is -0.508 e. The number of urea groups is 1. The Kier molecular flexibility index (Phi) is 5.66. The maximum absolute atomic E-state index is 12.7. The molecule has 138 valence electrons. The first-order valence-electron chi connectivity index (χ1n) is 9.06. The molecular formula is C21H26N2O3. The van der Waals surface area contributed by atoms with Gasteiger partial charge in [0.2, 0.25) is 0 Å². The summed E-state index contributed by atoms with van der Waals surface area (Å²) in [6.07, 6.45) is 2.08. The summed E-state index contributed by atoms with van der Waals surface area (Å²) in [5.74, 6) is 1.08. The second-order valence-electron chi connectivity index (χ2n) is 6.95. The van der Waals surface area contributed by atoms with E-state index in [1.807, 2.05) is 55.1 Å². The third kappa shape index (κ3) is 4.91. The first kappa shape index (κ1) is 18.1. The molecule has 3 rings (SSSR count). The zero-order valence-electron chi connectivity index (χ0n) is 15.3. The van der Waals surface area contributed by atoms with Crippen molar-refractivity contribution in [1.29, 1.82) is 0 Å². The van der Waals surface area contributed by atoms with Gasteiger partial charge in [0.05, 0.1) is 6.04 Å². The number of carbonyl (C=O) groups is 1. The van der Waals surface area contributed by atoms with Gasteiger partial charge in [0.1, 0.15) is 18.1 Å². The Morgan fingerprint density at radius 2 is 1.92 bits per heavy atom. The van der Waals surface area contributed by atoms with E-state index in [9.17, 15) is 9.90 Å². The monoisotopic (exact) mass is 354 g/mol. The average molecular weight is 354 g/mol. The number of nitrogens with zero attached hydrogens (tertiary/aromatic N) is 1. The minimum atomic E-state index is -0.0943. The van der Waals surface area contributed by atoms with Gasteiger partial charge in [0.15, 0.2) is 0 Å². The van der Waals surface area contributed by atoms with Crippen LogP contribution >= 0.6 is 0 Å². The van der Waals surface area contributed by atoms with Gasteiger partial charge in [-0.25, -0.2) is 4.79 Å². The maximum Gasteiger partial charge on any atom is 0.318 e. The molecule has 2 amide bonds. The lowest BCUT2D eigenvalue weighted by Gasteiger charge is -2.25. The van der Waals surface area contributed by atoms with E-state index >= 15 is 0 Å². The third-order valence-corrected chi connectivity index (χ3v) is 4.49. The molecule has 0 bridgehead atoms. The summed E-state index contributed by atoms with van der Waals surface area (Å²) >= 11 is 0. The van der Waals surface area contributed by atoms with Crippen molar-refractivity contribution in [3.05, 3.63) is 59.7 Å². The third-order valence-electron chi connectivity index (χ3n) is 4.49. The number of para-hydroxylation sites is 1. The zero-order chi connectivity index (χ0) is 18.5. The summed E-state index contributed by atoms with van der Waals surface area (Å²) in [5.41, 5.74) is 2.09. The molecule has 5 nitrogen and oxygen atoms in total. The highest BCUT2D eigenvalue weighted by Crippen LogP contribution is 2.28. The van der Waals surface area contributed by atoms with Crippen molar-refractivity contribution in [2.24, 2.45) is 0 Å². The molecule has 0 radical (unpaired) electrons. The lowest BCUT2D eigenvalue weighted by molar-refractivity contribution is 0.181. The summed E-state index contributed by atoms with van der Waals surface area (Å²) in [6.45, 7) is 4.92. The molecule has 1 unspecified atom stereocenters. The number of phenols is 1. The van der Waals surface area contributed by atoms with E-state index in [1.54, 1.807) is 12.1 Å². The van der Waals surface area contributed by atoms with Crippen molar-refractivity contribution in [2.75, 3.05) is 6.61 Å². The fourth-order valence-electron chi connectivity index (χ4n) is 2.82. The molecule has 1 saturated carbocycles. The normalized spacial score (nSPS) is 14.5. The Hall–Kier alpha value is -2.69. The topological polar surface area (TPSA) is 61.8 Å². The van der Waals surface area contributed by atoms with Gasteiger partial charge in [-0.1, -0.05) is 30.3 Å². The minimum absolute atomic E-state index is 0.0681. The first-order valence-corrected chi connectivity index (χ1v) is 9.06. The van der Waals surface area contributed by atoms with Crippen LogP contribution in [-0.2, 0) is 6.54 Å². The van der Waals surface area contributed by atoms with Crippen LogP contribution in [0.25, 0.3) is 0 Å². The number of rotatable bonds is 7. The van der Waals surface area contributed by atoms with E-state index in [-0.39, 0.29) is 17.8 Å². The second kappa shape index (κ2) is 8.13. The number of carbonyl (C=O) groups excluding carboxylic acids is 1. The Morgan fingerprint density at radius 1 is 1.23 bits per heavy atom. The molecule has 0 spiro atoms. The molecule has 0 saturated heterocycles. The molecular weight excluding hydrogens is 328 g/mol. The van der Waals surface area contributed by atoms with E-state index < -0.39 is 0 Å². The van der Waals surface area contributed by atoms with Gasteiger partial charge < -0.3 is 20.1 Å². The van der Waals surface area contributed by atoms with E-state index in [0.29, 0.717) is 19.2 Å². The Balaban J connectivity index is 1.54. The number of hydrogen-bond donors (Lipinski definition) is 2. The lowest BCUT2D eigenvalue weighted by Crippen LogP contribution is -2.46. The lowest BCUT2D eigenvalue weighted by atomic mass is 10.2. The molecule has 26 heavy (non-hydrogen) atoms. The van der Waals surface area contributed by atoms with Gasteiger partial charge >= 0.3 is 6.03 Å². The predicted octanol–water partition coefficient (Wildman–Crippen LogP) is 3.84. The van der Waals surface area contributed by atoms with Crippen molar-refractivity contribution in [3.8, 4) is 11.5 Å². The van der Waals surface area contributed by atoms with Crippen LogP contribution in [0.1, 0.15) is 30.9 Å². The molecule has 5 heteroatoms. The van der Waals surface area contributed by atoms with Crippen molar-refractivity contribution in [1.82, 2.24) is 10.2 Å². The zero-order valence-corrected chi connectivity index (χ0v) is 15.3. The Labute approximate surface area is 154 Å². The standard InChI is InChI=1S/C21H26N2O3/c1-15-5-3-4-6-20(15)26-14-16(2)22-21(25)23(18-9-10-18)13-17-7-11-19(24)12-8-17/h3-8,11-12,16,18,24H,9-10,13-14H2,1-2H3,(H,22,25). The molecule has 2 aromatic carbocycles. The molecule has 0 heterocycles. The number of aryl methyl sites for hydroxylation is 1. The van der Waals surface area contributed by atoms with Crippen molar-refractivity contribution in [3.63, 3.8) is 0 Å². The fraction of sp³-hybridized carbons (Fsp3) is 0.381. The van der Waals surface area contributed by atoms with Gasteiger partial charge in [-0.2, -0.15) is 0 Å². The number of hydrogen-bond acceptors (Lipinski definition) is 3. The molecule has 1 aliphatic carbocycles. The Bertz CT molecular complexity index is 741. The van der Waals surface area contributed by atoms with Crippen LogP contribution in [0.3, 0.4) is 0 Å². The molecule has 1 atom stereocenters. The molecule has 0 aromatic heterocycles. The van der Waals surface area contributed by atoms with E-state index in [4.69, 9.17) is 4.74 Å². The van der Waals surface area contributed by atoms with Gasteiger partial charge in [0.25, 0.3) is 0 Å². The summed E-state index contributed by atoms with van der Waals surface area (Å²) in [4.78, 5) is 14.6. The maximum atomic E-state index is 12.7. The molecule has 1 aliphatic rings. The van der Waals surface area contributed by atoms with Gasteiger partial charge in [-0.15, -0.1) is 0 Å². The quantitative estimate of drug-likeness (QED) is 0.794. The highest BCUT2D eigenvalue weighted by atomic mass is 16.5. The van der Waals surface area contributed by atoms with Crippen LogP contribution in [0.5, 0.6) is 11.5 Å². The molecule has 2 N–H and O–H groups in total. The Morgan fingerprint density at radius 3 is 2.58 bits per heavy atom. The largest absolute Gasteiger partial charge is 0.508 e. The average Bonchev–Trinajstić information content (AvgIpc) is 3.45. The molecule has 1 fully saturated rings. The predicted molar refractivity (Wildman–Crippen MR) is 101 cm³/mol. The first-order chi connectivity index (χ1) is 12.5. The fourth-order valence-corrected chi connectivity index (χ4v) is 2.82. The van der Waals surface area contributed by atoms with Crippen LogP contribution in [0.2, 0.25) is 0 Å². The number of benzene rings is 2. The van der Waals surface area contributed by atoms with E-state index in [1.165, 1.54) is 0 Å². The number of amides is 2. The van der Waals surface area contributed by atoms with Crippen LogP contribution in [0, 0.1) is 6.92 Å². The van der Waals surface area contributed by atoms with E-state index in [0.717, 1.165) is 29.7 Å².